The monoisotopic (exact) mass is 326 g/mol. The molecule has 0 atom stereocenters. The molecule has 1 aliphatic rings. The fraction of sp³-hybridized carbons (Fsp3) is 0.533. The third-order valence-electron chi connectivity index (χ3n) is 3.95. The Morgan fingerprint density at radius 3 is 2.33 bits per heavy atom. The van der Waals surface area contributed by atoms with Gasteiger partial charge >= 0.3 is 0 Å². The maximum atomic E-state index is 12.5. The Labute approximate surface area is 132 Å². The van der Waals surface area contributed by atoms with Crippen molar-refractivity contribution in [2.75, 3.05) is 0 Å². The van der Waals surface area contributed by atoms with Crippen LogP contribution in [-0.2, 0) is 16.4 Å². The average Bonchev–Trinajstić information content (AvgIpc) is 2.38. The van der Waals surface area contributed by atoms with Crippen molar-refractivity contribution in [2.24, 2.45) is 5.73 Å². The van der Waals surface area contributed by atoms with Gasteiger partial charge in [0.1, 0.15) is 0 Å². The number of hydrogen-bond acceptors (Lipinski definition) is 3. The van der Waals surface area contributed by atoms with Crippen LogP contribution in [0.4, 0.5) is 0 Å². The van der Waals surface area contributed by atoms with Gasteiger partial charge < -0.3 is 5.73 Å². The highest BCUT2D eigenvalue weighted by atomic mass is 32.2. The molecule has 1 saturated carbocycles. The van der Waals surface area contributed by atoms with Gasteiger partial charge in [-0.3, -0.25) is 0 Å². The lowest BCUT2D eigenvalue weighted by atomic mass is 9.84. The summed E-state index contributed by atoms with van der Waals surface area (Å²) >= 11 is 4.85. The summed E-state index contributed by atoms with van der Waals surface area (Å²) in [5.41, 5.74) is 6.09. The van der Waals surface area contributed by atoms with Gasteiger partial charge in [-0.25, -0.2) is 13.1 Å². The molecule has 0 heterocycles. The van der Waals surface area contributed by atoms with Crippen molar-refractivity contribution in [3.8, 4) is 0 Å². The standard InChI is InChI=1S/C15H22N2O2S2/c1-15(9-3-2-4-10-15)17-21(18,19)13-7-5-12(6-8-13)11-14(16)20/h5-8,17H,2-4,9-11H2,1H3,(H2,16,20). The Morgan fingerprint density at radius 2 is 1.81 bits per heavy atom. The maximum absolute atomic E-state index is 12.5. The number of sulfonamides is 1. The molecule has 0 saturated heterocycles. The van der Waals surface area contributed by atoms with E-state index in [-0.39, 0.29) is 5.54 Å². The van der Waals surface area contributed by atoms with Crippen molar-refractivity contribution in [3.63, 3.8) is 0 Å². The van der Waals surface area contributed by atoms with Crippen molar-refractivity contribution >= 4 is 27.2 Å². The first-order valence-corrected chi connectivity index (χ1v) is 9.11. The van der Waals surface area contributed by atoms with Crippen LogP contribution >= 0.6 is 12.2 Å². The van der Waals surface area contributed by atoms with Gasteiger partial charge in [-0.1, -0.05) is 43.6 Å². The van der Waals surface area contributed by atoms with Crippen molar-refractivity contribution in [2.45, 2.75) is 55.9 Å². The van der Waals surface area contributed by atoms with Crippen LogP contribution in [0, 0.1) is 0 Å². The Bertz CT molecular complexity index is 603. The lowest BCUT2D eigenvalue weighted by Gasteiger charge is -2.34. The summed E-state index contributed by atoms with van der Waals surface area (Å²) < 4.78 is 27.8. The molecule has 0 aliphatic heterocycles. The van der Waals surface area contributed by atoms with Crippen LogP contribution < -0.4 is 10.5 Å². The largest absolute Gasteiger partial charge is 0.393 e. The number of nitrogens with two attached hydrogens (primary N) is 1. The Kier molecular flexibility index (Phi) is 5.01. The van der Waals surface area contributed by atoms with E-state index in [1.54, 1.807) is 24.3 Å². The third-order valence-corrected chi connectivity index (χ3v) is 5.75. The van der Waals surface area contributed by atoms with Gasteiger partial charge in [-0.2, -0.15) is 0 Å². The summed E-state index contributed by atoms with van der Waals surface area (Å²) in [7, 11) is -3.48. The summed E-state index contributed by atoms with van der Waals surface area (Å²) in [4.78, 5) is 0.694. The molecule has 4 nitrogen and oxygen atoms in total. The predicted molar refractivity (Wildman–Crippen MR) is 88.7 cm³/mol. The fourth-order valence-corrected chi connectivity index (χ4v) is 4.44. The van der Waals surface area contributed by atoms with Crippen LogP contribution in [0.1, 0.15) is 44.6 Å². The van der Waals surface area contributed by atoms with Gasteiger partial charge in [0, 0.05) is 12.0 Å². The zero-order chi connectivity index (χ0) is 15.5. The van der Waals surface area contributed by atoms with Crippen LogP contribution in [0.2, 0.25) is 0 Å². The lowest BCUT2D eigenvalue weighted by molar-refractivity contribution is 0.294. The molecule has 1 aliphatic carbocycles. The van der Waals surface area contributed by atoms with Gasteiger partial charge in [-0.05, 0) is 37.5 Å². The van der Waals surface area contributed by atoms with Crippen LogP contribution in [0.25, 0.3) is 0 Å². The molecule has 1 aromatic carbocycles. The van der Waals surface area contributed by atoms with E-state index in [0.29, 0.717) is 16.3 Å². The van der Waals surface area contributed by atoms with E-state index in [0.717, 1.165) is 31.2 Å². The Balaban J connectivity index is 2.13. The molecule has 0 bridgehead atoms. The highest BCUT2D eigenvalue weighted by molar-refractivity contribution is 7.89. The van der Waals surface area contributed by atoms with Gasteiger partial charge in [-0.15, -0.1) is 0 Å². The van der Waals surface area contributed by atoms with Crippen molar-refractivity contribution in [3.05, 3.63) is 29.8 Å². The molecule has 0 spiro atoms. The number of nitrogens with one attached hydrogen (secondary N) is 1. The highest BCUT2D eigenvalue weighted by Crippen LogP contribution is 2.29. The molecule has 1 aromatic rings. The molecular formula is C15H22N2O2S2. The quantitative estimate of drug-likeness (QED) is 0.816. The minimum atomic E-state index is -3.48. The van der Waals surface area contributed by atoms with Crippen LogP contribution in [0.3, 0.4) is 0 Å². The number of hydrogen-bond donors (Lipinski definition) is 2. The minimum absolute atomic E-state index is 0.293. The molecule has 0 unspecified atom stereocenters. The van der Waals surface area contributed by atoms with E-state index in [9.17, 15) is 8.42 Å². The van der Waals surface area contributed by atoms with E-state index in [2.05, 4.69) is 4.72 Å². The van der Waals surface area contributed by atoms with E-state index >= 15 is 0 Å². The molecule has 3 N–H and O–H groups in total. The maximum Gasteiger partial charge on any atom is 0.241 e. The van der Waals surface area contributed by atoms with E-state index < -0.39 is 10.0 Å². The van der Waals surface area contributed by atoms with Crippen LogP contribution in [0.5, 0.6) is 0 Å². The summed E-state index contributed by atoms with van der Waals surface area (Å²) in [6.45, 7) is 1.99. The molecule has 6 heteroatoms. The lowest BCUT2D eigenvalue weighted by Crippen LogP contribution is -2.47. The zero-order valence-electron chi connectivity index (χ0n) is 12.3. The topological polar surface area (TPSA) is 72.2 Å². The number of thiocarbonyl (C=S) groups is 1. The van der Waals surface area contributed by atoms with Gasteiger partial charge in [0.05, 0.1) is 9.88 Å². The molecule has 0 radical (unpaired) electrons. The number of rotatable bonds is 5. The first kappa shape index (κ1) is 16.4. The van der Waals surface area contributed by atoms with Gasteiger partial charge in [0.25, 0.3) is 0 Å². The highest BCUT2D eigenvalue weighted by Gasteiger charge is 2.31. The molecule has 116 valence electrons. The van der Waals surface area contributed by atoms with E-state index in [1.165, 1.54) is 6.42 Å². The van der Waals surface area contributed by atoms with Crippen molar-refractivity contribution < 1.29 is 8.42 Å². The van der Waals surface area contributed by atoms with Gasteiger partial charge in [0.15, 0.2) is 0 Å². The first-order chi connectivity index (χ1) is 9.81. The Hall–Kier alpha value is -0.980. The molecule has 21 heavy (non-hydrogen) atoms. The molecule has 1 fully saturated rings. The van der Waals surface area contributed by atoms with Gasteiger partial charge in [0.2, 0.25) is 10.0 Å². The summed E-state index contributed by atoms with van der Waals surface area (Å²) in [6.07, 6.45) is 5.61. The van der Waals surface area contributed by atoms with E-state index in [1.807, 2.05) is 6.92 Å². The normalized spacial score (nSPS) is 18.3. The van der Waals surface area contributed by atoms with Crippen LogP contribution in [-0.4, -0.2) is 18.9 Å². The smallest absolute Gasteiger partial charge is 0.241 e. The third kappa shape index (κ3) is 4.49. The second kappa shape index (κ2) is 6.42. The van der Waals surface area contributed by atoms with Crippen LogP contribution in [0.15, 0.2) is 29.2 Å². The summed E-state index contributed by atoms with van der Waals surface area (Å²) in [5, 5.41) is 0. The molecule has 2 rings (SSSR count). The minimum Gasteiger partial charge on any atom is -0.393 e. The number of benzene rings is 1. The van der Waals surface area contributed by atoms with Crippen molar-refractivity contribution in [1.82, 2.24) is 4.72 Å². The SMILES string of the molecule is CC1(NS(=O)(=O)c2ccc(CC(N)=S)cc2)CCCCC1. The molecule has 0 aromatic heterocycles. The summed E-state index contributed by atoms with van der Waals surface area (Å²) in [5.74, 6) is 0. The fourth-order valence-electron chi connectivity index (χ4n) is 2.81. The second-order valence-corrected chi connectivity index (χ2v) is 8.22. The first-order valence-electron chi connectivity index (χ1n) is 7.22. The average molecular weight is 326 g/mol. The Morgan fingerprint density at radius 1 is 1.24 bits per heavy atom. The molecule has 0 amide bonds. The molecular weight excluding hydrogens is 304 g/mol. The predicted octanol–water partition coefficient (Wildman–Crippen LogP) is 2.52. The zero-order valence-corrected chi connectivity index (χ0v) is 13.9. The van der Waals surface area contributed by atoms with Crippen molar-refractivity contribution in [1.29, 1.82) is 0 Å². The summed E-state index contributed by atoms with van der Waals surface area (Å²) in [6, 6.07) is 6.75. The van der Waals surface area contributed by atoms with E-state index in [4.69, 9.17) is 18.0 Å². The second-order valence-electron chi connectivity index (χ2n) is 6.01.